The molecule has 2 heterocycles. The monoisotopic (exact) mass is 488 g/mol. The van der Waals surface area contributed by atoms with Gasteiger partial charge >= 0.3 is 0 Å². The summed E-state index contributed by atoms with van der Waals surface area (Å²) in [5.41, 5.74) is 11.4. The molecule has 2 aromatic heterocycles. The van der Waals surface area contributed by atoms with Crippen molar-refractivity contribution in [3.8, 4) is 0 Å². The van der Waals surface area contributed by atoms with Crippen molar-refractivity contribution in [3.05, 3.63) is 30.2 Å². The predicted octanol–water partition coefficient (Wildman–Crippen LogP) is 3.10. The lowest BCUT2D eigenvalue weighted by Crippen LogP contribution is -2.37. The minimum Gasteiger partial charge on any atom is -0.383 e. The lowest BCUT2D eigenvalue weighted by molar-refractivity contribution is 0.110. The zero-order valence-corrected chi connectivity index (χ0v) is 21.1. The van der Waals surface area contributed by atoms with Crippen LogP contribution >= 0.6 is 11.9 Å². The van der Waals surface area contributed by atoms with Crippen molar-refractivity contribution in [1.29, 1.82) is 0 Å². The Morgan fingerprint density at radius 2 is 2.21 bits per heavy atom. The molecule has 1 aliphatic carbocycles. The van der Waals surface area contributed by atoms with E-state index in [0.717, 1.165) is 60.5 Å². The molecule has 0 aliphatic heterocycles. The van der Waals surface area contributed by atoms with Gasteiger partial charge in [-0.3, -0.25) is 9.98 Å². The molecule has 0 unspecified atom stereocenters. The molecule has 0 spiro atoms. The fourth-order valence-electron chi connectivity index (χ4n) is 3.88. The summed E-state index contributed by atoms with van der Waals surface area (Å²) in [5.74, 6) is 1.26. The van der Waals surface area contributed by atoms with Crippen LogP contribution in [0, 0.1) is 0 Å². The number of aromatic nitrogens is 2. The highest BCUT2D eigenvalue weighted by Crippen LogP contribution is 2.33. The average molecular weight is 489 g/mol. The van der Waals surface area contributed by atoms with Gasteiger partial charge in [-0.15, -0.1) is 0 Å². The number of aliphatic imine (C=N–C) groups is 1. The third kappa shape index (κ3) is 6.50. The Hall–Kier alpha value is -2.60. The molecule has 4 N–H and O–H groups in total. The maximum absolute atomic E-state index is 9.31. The molecule has 1 saturated carbocycles. The number of fused-ring (bicyclic) bond motifs is 1. The van der Waals surface area contributed by atoms with Gasteiger partial charge in [-0.05, 0) is 32.0 Å². The van der Waals surface area contributed by atoms with E-state index < -0.39 is 0 Å². The van der Waals surface area contributed by atoms with Crippen molar-refractivity contribution in [2.75, 3.05) is 61.2 Å². The topological polar surface area (TPSA) is 115 Å². The average Bonchev–Trinajstić information content (AvgIpc) is 3.68. The number of hydroxylamine groups is 1. The van der Waals surface area contributed by atoms with Crippen molar-refractivity contribution in [3.63, 3.8) is 0 Å². The van der Waals surface area contributed by atoms with Gasteiger partial charge in [-0.2, -0.15) is 5.48 Å². The number of nitrogen functional groups attached to an aromatic ring is 1. The normalized spacial score (nSPS) is 13.8. The molecule has 0 bridgehead atoms. The molecule has 11 heteroatoms. The van der Waals surface area contributed by atoms with Crippen LogP contribution in [0.5, 0.6) is 0 Å². The SMILES string of the molecule is C=N/C=C(/CN(SC)c1cnc2cc(N(CCC)CCOC)nc(N)c2c1)N(CNO)C1CC1. The van der Waals surface area contributed by atoms with Crippen molar-refractivity contribution in [2.45, 2.75) is 32.2 Å². The molecule has 1 fully saturated rings. The molecule has 3 rings (SSSR count). The summed E-state index contributed by atoms with van der Waals surface area (Å²) >= 11 is 1.58. The number of rotatable bonds is 15. The number of pyridine rings is 2. The van der Waals surface area contributed by atoms with E-state index in [4.69, 9.17) is 15.5 Å². The van der Waals surface area contributed by atoms with Crippen LogP contribution in [0.15, 0.2) is 35.2 Å². The second kappa shape index (κ2) is 12.7. The first kappa shape index (κ1) is 26.0. The summed E-state index contributed by atoms with van der Waals surface area (Å²) in [6, 6.07) is 4.40. The number of nitrogens with two attached hydrogens (primary N) is 1. The van der Waals surface area contributed by atoms with Crippen molar-refractivity contribution in [1.82, 2.24) is 20.3 Å². The second-order valence-electron chi connectivity index (χ2n) is 8.15. The van der Waals surface area contributed by atoms with Gasteiger partial charge in [-0.1, -0.05) is 18.9 Å². The van der Waals surface area contributed by atoms with E-state index in [2.05, 4.69) is 43.2 Å². The lowest BCUT2D eigenvalue weighted by atomic mass is 10.2. The van der Waals surface area contributed by atoms with Gasteiger partial charge in [0.1, 0.15) is 11.6 Å². The molecule has 0 amide bonds. The third-order valence-corrected chi connectivity index (χ3v) is 6.50. The van der Waals surface area contributed by atoms with Crippen LogP contribution < -0.4 is 20.4 Å². The number of ether oxygens (including phenoxy) is 1. The quantitative estimate of drug-likeness (QED) is 0.149. The summed E-state index contributed by atoms with van der Waals surface area (Å²) in [6.45, 7) is 8.89. The molecule has 10 nitrogen and oxygen atoms in total. The molecule has 0 radical (unpaired) electrons. The summed E-state index contributed by atoms with van der Waals surface area (Å²) in [6.07, 6.45) is 8.80. The Labute approximate surface area is 206 Å². The third-order valence-electron chi connectivity index (χ3n) is 5.72. The van der Waals surface area contributed by atoms with Gasteiger partial charge in [0.25, 0.3) is 0 Å². The maximum atomic E-state index is 9.31. The van der Waals surface area contributed by atoms with Crippen LogP contribution in [-0.2, 0) is 4.74 Å². The number of nitrogens with zero attached hydrogens (tertiary/aromatic N) is 6. The summed E-state index contributed by atoms with van der Waals surface area (Å²) in [4.78, 5) is 17.7. The standard InChI is InChI=1S/C23H36N8O2S/c1-5-8-29(9-10-33-3)22-12-21-20(23(24)28-22)11-18(14-26-21)31(34-4)15-19(13-25-2)30(16-27-32)17-6-7-17/h11-14,17,27,32H,2,5-10,15-16H2,1,3-4H3,(H2,24,28)/b19-13-. The Morgan fingerprint density at radius 3 is 2.82 bits per heavy atom. The van der Waals surface area contributed by atoms with E-state index in [1.807, 2.05) is 24.6 Å². The number of anilines is 3. The van der Waals surface area contributed by atoms with Crippen LogP contribution in [0.25, 0.3) is 10.9 Å². The number of hydrogen-bond acceptors (Lipinski definition) is 11. The smallest absolute Gasteiger partial charge is 0.135 e. The highest BCUT2D eigenvalue weighted by Gasteiger charge is 2.31. The summed E-state index contributed by atoms with van der Waals surface area (Å²) in [7, 11) is 1.70. The Morgan fingerprint density at radius 1 is 1.41 bits per heavy atom. The lowest BCUT2D eigenvalue weighted by Gasteiger charge is -2.31. The van der Waals surface area contributed by atoms with E-state index in [-0.39, 0.29) is 0 Å². The Kier molecular flexibility index (Phi) is 9.75. The van der Waals surface area contributed by atoms with Crippen molar-refractivity contribution < 1.29 is 9.94 Å². The number of hydrogen-bond donors (Lipinski definition) is 3. The van der Waals surface area contributed by atoms with E-state index in [1.165, 1.54) is 0 Å². The molecule has 1 aliphatic rings. The van der Waals surface area contributed by atoms with Gasteiger partial charge in [-0.25, -0.2) is 4.98 Å². The van der Waals surface area contributed by atoms with Crippen molar-refractivity contribution in [2.24, 2.45) is 4.99 Å². The first-order chi connectivity index (χ1) is 16.6. The number of methoxy groups -OCH3 is 1. The van der Waals surface area contributed by atoms with Crippen molar-refractivity contribution >= 4 is 46.9 Å². The zero-order chi connectivity index (χ0) is 24.5. The minimum atomic E-state index is 0.335. The van der Waals surface area contributed by atoms with Crippen LogP contribution in [0.2, 0.25) is 0 Å². The van der Waals surface area contributed by atoms with Gasteiger partial charge < -0.3 is 29.8 Å². The second-order valence-corrected chi connectivity index (χ2v) is 8.95. The van der Waals surface area contributed by atoms with Crippen LogP contribution in [-0.4, -0.2) is 79.1 Å². The largest absolute Gasteiger partial charge is 0.383 e. The maximum Gasteiger partial charge on any atom is 0.135 e. The summed E-state index contributed by atoms with van der Waals surface area (Å²) in [5, 5.41) is 10.1. The molecule has 186 valence electrons. The highest BCUT2D eigenvalue weighted by molar-refractivity contribution is 7.99. The molecule has 2 aromatic rings. The van der Waals surface area contributed by atoms with E-state index in [0.29, 0.717) is 31.7 Å². The van der Waals surface area contributed by atoms with Gasteiger partial charge in [0.05, 0.1) is 42.9 Å². The van der Waals surface area contributed by atoms with Crippen LogP contribution in [0.1, 0.15) is 26.2 Å². The van der Waals surface area contributed by atoms with Gasteiger partial charge in [0.15, 0.2) is 0 Å². The molecular weight excluding hydrogens is 452 g/mol. The van der Waals surface area contributed by atoms with E-state index in [9.17, 15) is 5.21 Å². The Balaban J connectivity index is 1.88. The summed E-state index contributed by atoms with van der Waals surface area (Å²) < 4.78 is 7.37. The van der Waals surface area contributed by atoms with Gasteiger partial charge in [0, 0.05) is 50.1 Å². The van der Waals surface area contributed by atoms with E-state index >= 15 is 0 Å². The molecule has 0 saturated heterocycles. The fourth-order valence-corrected chi connectivity index (χ4v) is 4.45. The van der Waals surface area contributed by atoms with Gasteiger partial charge in [0.2, 0.25) is 0 Å². The fraction of sp³-hybridized carbons (Fsp3) is 0.522. The molecule has 34 heavy (non-hydrogen) atoms. The molecule has 0 atom stereocenters. The minimum absolute atomic E-state index is 0.335. The highest BCUT2D eigenvalue weighted by atomic mass is 32.2. The Bertz CT molecular complexity index is 985. The van der Waals surface area contributed by atoms with Crippen LogP contribution in [0.4, 0.5) is 17.3 Å². The zero-order valence-electron chi connectivity index (χ0n) is 20.3. The first-order valence-corrected chi connectivity index (χ1v) is 12.6. The molecule has 0 aromatic carbocycles. The number of nitrogens with one attached hydrogen (secondary N) is 1. The van der Waals surface area contributed by atoms with E-state index in [1.54, 1.807) is 25.3 Å². The molecular formula is C23H36N8O2S. The van der Waals surface area contributed by atoms with Crippen LogP contribution in [0.3, 0.4) is 0 Å². The predicted molar refractivity (Wildman–Crippen MR) is 141 cm³/mol. The first-order valence-electron chi connectivity index (χ1n) is 11.5.